The Morgan fingerprint density at radius 3 is 2.04 bits per heavy atom. The van der Waals surface area contributed by atoms with Gasteiger partial charge in [-0.3, -0.25) is 4.79 Å². The molecule has 0 bridgehead atoms. The van der Waals surface area contributed by atoms with Crippen LogP contribution in [-0.2, 0) is 9.53 Å². The highest BCUT2D eigenvalue weighted by atomic mass is 16.5. The molecule has 0 aromatic heterocycles. The summed E-state index contributed by atoms with van der Waals surface area (Å²) in [6, 6.07) is 20.4. The Balaban J connectivity index is 2.08. The van der Waals surface area contributed by atoms with Crippen molar-refractivity contribution in [2.75, 3.05) is 13.7 Å². The van der Waals surface area contributed by atoms with Gasteiger partial charge in [-0.2, -0.15) is 0 Å². The Bertz CT molecular complexity index is 594. The lowest BCUT2D eigenvalue weighted by molar-refractivity contribution is -0.142. The van der Waals surface area contributed by atoms with Crippen LogP contribution in [0.4, 0.5) is 0 Å². The Kier molecular flexibility index (Phi) is 6.57. The molecule has 2 aromatic rings. The third-order valence-corrected chi connectivity index (χ3v) is 3.67. The molecule has 3 heteroatoms. The van der Waals surface area contributed by atoms with Crippen LogP contribution < -0.4 is 5.32 Å². The van der Waals surface area contributed by atoms with E-state index in [1.54, 1.807) is 0 Å². The van der Waals surface area contributed by atoms with E-state index in [9.17, 15) is 4.79 Å². The monoisotopic (exact) mass is 309 g/mol. The summed E-state index contributed by atoms with van der Waals surface area (Å²) < 4.78 is 4.71. The Labute approximate surface area is 138 Å². The van der Waals surface area contributed by atoms with Gasteiger partial charge in [0, 0.05) is 0 Å². The molecule has 1 atom stereocenters. The van der Waals surface area contributed by atoms with Crippen LogP contribution in [0.25, 0.3) is 5.57 Å². The van der Waals surface area contributed by atoms with E-state index in [4.69, 9.17) is 4.74 Å². The first kappa shape index (κ1) is 17.0. The lowest BCUT2D eigenvalue weighted by Crippen LogP contribution is -2.35. The van der Waals surface area contributed by atoms with Crippen LogP contribution in [0.1, 0.15) is 24.5 Å². The normalized spacial score (nSPS) is 11.6. The third kappa shape index (κ3) is 5.08. The number of nitrogens with one attached hydrogen (secondary N) is 1. The number of rotatable bonds is 7. The molecule has 0 amide bonds. The van der Waals surface area contributed by atoms with Crippen LogP contribution in [0.3, 0.4) is 0 Å². The van der Waals surface area contributed by atoms with Crippen LogP contribution in [0.15, 0.2) is 66.7 Å². The van der Waals surface area contributed by atoms with E-state index in [0.29, 0.717) is 0 Å². The number of benzene rings is 2. The number of ether oxygens (including phenoxy) is 1. The summed E-state index contributed by atoms with van der Waals surface area (Å²) in [6.45, 7) is 2.53. The molecule has 0 unspecified atom stereocenters. The molecule has 3 nitrogen and oxygen atoms in total. The summed E-state index contributed by atoms with van der Waals surface area (Å²) in [7, 11) is 1.41. The topological polar surface area (TPSA) is 38.3 Å². The molecule has 2 rings (SSSR count). The molecule has 0 radical (unpaired) electrons. The second kappa shape index (κ2) is 8.91. The molecule has 0 saturated carbocycles. The summed E-state index contributed by atoms with van der Waals surface area (Å²) in [5.41, 5.74) is 3.60. The minimum absolute atomic E-state index is 0.236. The highest BCUT2D eigenvalue weighted by Crippen LogP contribution is 2.23. The lowest BCUT2D eigenvalue weighted by atomic mass is 9.97. The molecule has 0 spiro atoms. The molecule has 0 aliphatic carbocycles. The van der Waals surface area contributed by atoms with Gasteiger partial charge in [0.05, 0.1) is 7.11 Å². The maximum absolute atomic E-state index is 11.4. The van der Waals surface area contributed by atoms with E-state index in [-0.39, 0.29) is 12.0 Å². The SMILES string of the molecule is COC(=O)[C@H](C)NCCC=C(c1ccccc1)c1ccccc1. The molecular formula is C20H23NO2. The second-order valence-corrected chi connectivity index (χ2v) is 5.34. The summed E-state index contributed by atoms with van der Waals surface area (Å²) in [4.78, 5) is 11.4. The molecule has 23 heavy (non-hydrogen) atoms. The molecule has 0 fully saturated rings. The van der Waals surface area contributed by atoms with E-state index in [1.165, 1.54) is 23.8 Å². The number of hydrogen-bond acceptors (Lipinski definition) is 3. The van der Waals surface area contributed by atoms with Gasteiger partial charge in [-0.15, -0.1) is 0 Å². The van der Waals surface area contributed by atoms with Crippen LogP contribution in [0.2, 0.25) is 0 Å². The number of esters is 1. The molecule has 0 heterocycles. The fourth-order valence-electron chi connectivity index (χ4n) is 2.41. The van der Waals surface area contributed by atoms with E-state index < -0.39 is 0 Å². The van der Waals surface area contributed by atoms with Crippen molar-refractivity contribution < 1.29 is 9.53 Å². The van der Waals surface area contributed by atoms with Gasteiger partial charge in [0.25, 0.3) is 0 Å². The van der Waals surface area contributed by atoms with Crippen LogP contribution >= 0.6 is 0 Å². The van der Waals surface area contributed by atoms with Gasteiger partial charge in [0.15, 0.2) is 0 Å². The zero-order valence-corrected chi connectivity index (χ0v) is 13.7. The van der Waals surface area contributed by atoms with Gasteiger partial charge in [-0.05, 0) is 36.6 Å². The molecule has 2 aromatic carbocycles. The summed E-state index contributed by atoms with van der Waals surface area (Å²) >= 11 is 0. The molecule has 120 valence electrons. The first-order chi connectivity index (χ1) is 11.2. The largest absolute Gasteiger partial charge is 0.468 e. The quantitative estimate of drug-likeness (QED) is 0.626. The number of hydrogen-bond donors (Lipinski definition) is 1. The zero-order valence-electron chi connectivity index (χ0n) is 13.7. The van der Waals surface area contributed by atoms with Crippen molar-refractivity contribution >= 4 is 11.5 Å². The van der Waals surface area contributed by atoms with Crippen LogP contribution in [0, 0.1) is 0 Å². The number of carbonyl (C=O) groups is 1. The van der Waals surface area contributed by atoms with Crippen molar-refractivity contribution in [1.82, 2.24) is 5.32 Å². The smallest absolute Gasteiger partial charge is 0.322 e. The van der Waals surface area contributed by atoms with Gasteiger partial charge in [0.1, 0.15) is 6.04 Å². The van der Waals surface area contributed by atoms with E-state index in [1.807, 2.05) is 43.3 Å². The number of carbonyl (C=O) groups excluding carboxylic acids is 1. The van der Waals surface area contributed by atoms with Gasteiger partial charge in [-0.1, -0.05) is 66.7 Å². The van der Waals surface area contributed by atoms with E-state index >= 15 is 0 Å². The first-order valence-electron chi connectivity index (χ1n) is 7.84. The van der Waals surface area contributed by atoms with Crippen molar-refractivity contribution in [2.24, 2.45) is 0 Å². The van der Waals surface area contributed by atoms with Gasteiger partial charge in [0.2, 0.25) is 0 Å². The maximum atomic E-state index is 11.4. The van der Waals surface area contributed by atoms with Crippen molar-refractivity contribution in [1.29, 1.82) is 0 Å². The van der Waals surface area contributed by atoms with Gasteiger partial charge < -0.3 is 10.1 Å². The summed E-state index contributed by atoms with van der Waals surface area (Å²) in [5.74, 6) is -0.236. The first-order valence-corrected chi connectivity index (χ1v) is 7.84. The Hall–Kier alpha value is -2.39. The lowest BCUT2D eigenvalue weighted by Gasteiger charge is -2.12. The third-order valence-electron chi connectivity index (χ3n) is 3.67. The van der Waals surface area contributed by atoms with Crippen molar-refractivity contribution in [3.63, 3.8) is 0 Å². The zero-order chi connectivity index (χ0) is 16.5. The van der Waals surface area contributed by atoms with Crippen LogP contribution in [-0.4, -0.2) is 25.7 Å². The number of methoxy groups -OCH3 is 1. The van der Waals surface area contributed by atoms with Crippen molar-refractivity contribution in [3.8, 4) is 0 Å². The Morgan fingerprint density at radius 2 is 1.57 bits per heavy atom. The van der Waals surface area contributed by atoms with Gasteiger partial charge >= 0.3 is 5.97 Å². The highest BCUT2D eigenvalue weighted by molar-refractivity contribution is 5.79. The average Bonchev–Trinajstić information content (AvgIpc) is 2.62. The summed E-state index contributed by atoms with van der Waals surface area (Å²) in [6.07, 6.45) is 3.04. The van der Waals surface area contributed by atoms with E-state index in [2.05, 4.69) is 35.7 Å². The van der Waals surface area contributed by atoms with Crippen LogP contribution in [0.5, 0.6) is 0 Å². The fraction of sp³-hybridized carbons (Fsp3) is 0.250. The molecular weight excluding hydrogens is 286 g/mol. The Morgan fingerprint density at radius 1 is 1.04 bits per heavy atom. The molecule has 0 saturated heterocycles. The minimum atomic E-state index is -0.287. The summed E-state index contributed by atoms with van der Waals surface area (Å²) in [5, 5.41) is 3.17. The van der Waals surface area contributed by atoms with E-state index in [0.717, 1.165) is 13.0 Å². The van der Waals surface area contributed by atoms with Crippen molar-refractivity contribution in [2.45, 2.75) is 19.4 Å². The minimum Gasteiger partial charge on any atom is -0.468 e. The second-order valence-electron chi connectivity index (χ2n) is 5.34. The molecule has 0 aliphatic heterocycles. The van der Waals surface area contributed by atoms with Gasteiger partial charge in [-0.25, -0.2) is 0 Å². The predicted octanol–water partition coefficient (Wildman–Crippen LogP) is 3.66. The molecule has 0 aliphatic rings. The average molecular weight is 309 g/mol. The predicted molar refractivity (Wildman–Crippen MR) is 94.1 cm³/mol. The maximum Gasteiger partial charge on any atom is 0.322 e. The highest BCUT2D eigenvalue weighted by Gasteiger charge is 2.11. The fourth-order valence-corrected chi connectivity index (χ4v) is 2.41. The van der Waals surface area contributed by atoms with Crippen molar-refractivity contribution in [3.05, 3.63) is 77.9 Å². The standard InChI is InChI=1S/C20H23NO2/c1-16(20(22)23-2)21-15-9-14-19(17-10-5-3-6-11-17)18-12-7-4-8-13-18/h3-8,10-14,16,21H,9,15H2,1-2H3/t16-/m0/s1. The molecule has 1 N–H and O–H groups in total.